The summed E-state index contributed by atoms with van der Waals surface area (Å²) in [5.41, 5.74) is 0. The van der Waals surface area contributed by atoms with Crippen molar-refractivity contribution in [2.75, 3.05) is 11.5 Å². The lowest BCUT2D eigenvalue weighted by atomic mass is 10.0. The third kappa shape index (κ3) is 2.71. The number of aromatic nitrogens is 2. The minimum absolute atomic E-state index is 0.151. The summed E-state index contributed by atoms with van der Waals surface area (Å²) in [5, 5.41) is 13.0. The maximum Gasteiger partial charge on any atom is 0.153 e. The molecule has 1 aromatic heterocycles. The second-order valence-corrected chi connectivity index (χ2v) is 6.32. The Morgan fingerprint density at radius 1 is 1.47 bits per heavy atom. The first-order valence-corrected chi connectivity index (χ1v) is 6.79. The first-order chi connectivity index (χ1) is 7.05. The van der Waals surface area contributed by atoms with E-state index in [1.165, 1.54) is 6.20 Å². The normalized spacial score (nSPS) is 21.6. The number of nitrogens with zero attached hydrogens (tertiary/aromatic N) is 2. The Hall–Kier alpha value is -1.04. The first kappa shape index (κ1) is 10.5. The Labute approximate surface area is 88.6 Å². The molecule has 0 aliphatic carbocycles. The summed E-state index contributed by atoms with van der Waals surface area (Å²) >= 11 is 0. The van der Waals surface area contributed by atoms with Crippen LogP contribution < -0.4 is 0 Å². The van der Waals surface area contributed by atoms with E-state index in [9.17, 15) is 8.42 Å². The zero-order valence-corrected chi connectivity index (χ0v) is 9.15. The molecule has 0 radical (unpaired) electrons. The predicted molar refractivity (Wildman–Crippen MR) is 55.3 cm³/mol. The van der Waals surface area contributed by atoms with Gasteiger partial charge >= 0.3 is 0 Å². The molecule has 0 saturated carbocycles. The SMILES string of the molecule is O=S1(=O)CCC(Cn2cc(O)cn2)CC1. The fourth-order valence-corrected chi connectivity index (χ4v) is 3.43. The molecule has 0 aromatic carbocycles. The summed E-state index contributed by atoms with van der Waals surface area (Å²) in [4.78, 5) is 0. The van der Waals surface area contributed by atoms with E-state index in [4.69, 9.17) is 5.11 Å². The Balaban J connectivity index is 1.92. The molecule has 2 rings (SSSR count). The molecular formula is C9H14N2O3S. The molecule has 1 saturated heterocycles. The summed E-state index contributed by atoms with van der Waals surface area (Å²) in [7, 11) is -2.78. The minimum Gasteiger partial charge on any atom is -0.505 e. The summed E-state index contributed by atoms with van der Waals surface area (Å²) in [6.07, 6.45) is 4.34. The average molecular weight is 230 g/mol. The number of hydrogen-bond donors (Lipinski definition) is 1. The monoisotopic (exact) mass is 230 g/mol. The Morgan fingerprint density at radius 3 is 2.67 bits per heavy atom. The van der Waals surface area contributed by atoms with E-state index in [2.05, 4.69) is 5.10 Å². The Bertz CT molecular complexity index is 424. The van der Waals surface area contributed by atoms with Crippen LogP contribution in [0.15, 0.2) is 12.4 Å². The zero-order valence-electron chi connectivity index (χ0n) is 8.33. The van der Waals surface area contributed by atoms with Crippen LogP contribution in [0.4, 0.5) is 0 Å². The van der Waals surface area contributed by atoms with E-state index in [0.717, 1.165) is 0 Å². The predicted octanol–water partition coefficient (Wildman–Crippen LogP) is 0.413. The van der Waals surface area contributed by atoms with Crippen molar-refractivity contribution >= 4 is 9.84 Å². The van der Waals surface area contributed by atoms with Crippen molar-refractivity contribution < 1.29 is 13.5 Å². The highest BCUT2D eigenvalue weighted by atomic mass is 32.2. The van der Waals surface area contributed by atoms with Gasteiger partial charge < -0.3 is 5.11 Å². The van der Waals surface area contributed by atoms with Crippen molar-refractivity contribution in [1.29, 1.82) is 0 Å². The fraction of sp³-hybridized carbons (Fsp3) is 0.667. The van der Waals surface area contributed by atoms with Gasteiger partial charge in [0.1, 0.15) is 9.84 Å². The lowest BCUT2D eigenvalue weighted by Crippen LogP contribution is -2.26. The van der Waals surface area contributed by atoms with E-state index >= 15 is 0 Å². The van der Waals surface area contributed by atoms with Gasteiger partial charge in [-0.25, -0.2) is 8.42 Å². The van der Waals surface area contributed by atoms with Crippen LogP contribution in [0.25, 0.3) is 0 Å². The molecule has 2 heterocycles. The Morgan fingerprint density at radius 2 is 2.13 bits per heavy atom. The highest BCUT2D eigenvalue weighted by Crippen LogP contribution is 2.20. The van der Waals surface area contributed by atoms with Crippen molar-refractivity contribution in [2.24, 2.45) is 5.92 Å². The van der Waals surface area contributed by atoms with Crippen LogP contribution in [0.2, 0.25) is 0 Å². The van der Waals surface area contributed by atoms with Crippen LogP contribution >= 0.6 is 0 Å². The van der Waals surface area contributed by atoms with E-state index in [0.29, 0.717) is 25.3 Å². The third-order valence-electron chi connectivity index (χ3n) is 2.74. The molecule has 1 N–H and O–H groups in total. The number of hydrogen-bond acceptors (Lipinski definition) is 4. The second-order valence-electron chi connectivity index (χ2n) is 4.02. The quantitative estimate of drug-likeness (QED) is 0.799. The number of aromatic hydroxyl groups is 1. The second kappa shape index (κ2) is 3.84. The molecule has 15 heavy (non-hydrogen) atoms. The fourth-order valence-electron chi connectivity index (χ4n) is 1.84. The summed E-state index contributed by atoms with van der Waals surface area (Å²) in [5.74, 6) is 1.07. The number of sulfone groups is 1. The van der Waals surface area contributed by atoms with Gasteiger partial charge in [-0.15, -0.1) is 0 Å². The lowest BCUT2D eigenvalue weighted by molar-refractivity contribution is 0.383. The van der Waals surface area contributed by atoms with Crippen LogP contribution in [0, 0.1) is 5.92 Å². The van der Waals surface area contributed by atoms with Gasteiger partial charge in [0, 0.05) is 6.54 Å². The van der Waals surface area contributed by atoms with Crippen molar-refractivity contribution in [2.45, 2.75) is 19.4 Å². The average Bonchev–Trinajstić information content (AvgIpc) is 2.55. The molecule has 0 spiro atoms. The van der Waals surface area contributed by atoms with Gasteiger partial charge in [0.05, 0.1) is 23.9 Å². The highest BCUT2D eigenvalue weighted by Gasteiger charge is 2.23. The molecule has 0 atom stereocenters. The van der Waals surface area contributed by atoms with Gasteiger partial charge in [-0.05, 0) is 18.8 Å². The molecule has 1 aliphatic heterocycles. The summed E-state index contributed by atoms with van der Waals surface area (Å²) < 4.78 is 24.0. The highest BCUT2D eigenvalue weighted by molar-refractivity contribution is 7.91. The molecule has 84 valence electrons. The molecule has 1 aromatic rings. The van der Waals surface area contributed by atoms with Crippen LogP contribution in [0.5, 0.6) is 5.75 Å². The zero-order chi connectivity index (χ0) is 10.9. The third-order valence-corrected chi connectivity index (χ3v) is 4.45. The van der Waals surface area contributed by atoms with Crippen molar-refractivity contribution in [1.82, 2.24) is 9.78 Å². The molecule has 6 heteroatoms. The first-order valence-electron chi connectivity index (χ1n) is 4.97. The van der Waals surface area contributed by atoms with E-state index in [-0.39, 0.29) is 17.3 Å². The van der Waals surface area contributed by atoms with E-state index < -0.39 is 9.84 Å². The molecule has 0 unspecified atom stereocenters. The van der Waals surface area contributed by atoms with Gasteiger partial charge in [-0.2, -0.15) is 5.10 Å². The molecule has 0 amide bonds. The van der Waals surface area contributed by atoms with Crippen LogP contribution in [0.3, 0.4) is 0 Å². The van der Waals surface area contributed by atoms with E-state index in [1.807, 2.05) is 0 Å². The van der Waals surface area contributed by atoms with Gasteiger partial charge in [-0.3, -0.25) is 4.68 Å². The standard InChI is InChI=1S/C9H14N2O3S/c12-9-5-10-11(7-9)6-8-1-3-15(13,14)4-2-8/h5,7-8,12H,1-4,6H2. The van der Waals surface area contributed by atoms with E-state index in [1.54, 1.807) is 10.9 Å². The maximum absolute atomic E-state index is 11.2. The minimum atomic E-state index is -2.78. The summed E-state index contributed by atoms with van der Waals surface area (Å²) in [6, 6.07) is 0. The van der Waals surface area contributed by atoms with Crippen LogP contribution in [0.1, 0.15) is 12.8 Å². The smallest absolute Gasteiger partial charge is 0.153 e. The van der Waals surface area contributed by atoms with Crippen LogP contribution in [-0.2, 0) is 16.4 Å². The molecule has 1 fully saturated rings. The topological polar surface area (TPSA) is 72.2 Å². The van der Waals surface area contributed by atoms with Crippen molar-refractivity contribution in [3.05, 3.63) is 12.4 Å². The van der Waals surface area contributed by atoms with Crippen LogP contribution in [-0.4, -0.2) is 34.8 Å². The molecule has 0 bridgehead atoms. The molecule has 1 aliphatic rings. The lowest BCUT2D eigenvalue weighted by Gasteiger charge is -2.21. The Kier molecular flexibility index (Phi) is 2.68. The van der Waals surface area contributed by atoms with Gasteiger partial charge in [-0.1, -0.05) is 0 Å². The molecule has 5 nitrogen and oxygen atoms in total. The van der Waals surface area contributed by atoms with Gasteiger partial charge in [0.2, 0.25) is 0 Å². The van der Waals surface area contributed by atoms with Gasteiger partial charge in [0.25, 0.3) is 0 Å². The summed E-state index contributed by atoms with van der Waals surface area (Å²) in [6.45, 7) is 0.691. The maximum atomic E-state index is 11.2. The largest absolute Gasteiger partial charge is 0.505 e. The molecular weight excluding hydrogens is 216 g/mol. The van der Waals surface area contributed by atoms with Gasteiger partial charge in [0.15, 0.2) is 5.75 Å². The van der Waals surface area contributed by atoms with Crippen molar-refractivity contribution in [3.8, 4) is 5.75 Å². The van der Waals surface area contributed by atoms with Crippen molar-refractivity contribution in [3.63, 3.8) is 0 Å². The number of rotatable bonds is 2.